The van der Waals surface area contributed by atoms with Crippen molar-refractivity contribution < 1.29 is 5.11 Å². The van der Waals surface area contributed by atoms with Crippen LogP contribution < -0.4 is 11.1 Å². The highest BCUT2D eigenvalue weighted by atomic mass is 32.1. The minimum Gasteiger partial charge on any atom is -0.388 e. The van der Waals surface area contributed by atoms with E-state index in [0.29, 0.717) is 5.95 Å². The van der Waals surface area contributed by atoms with Crippen LogP contribution in [0.2, 0.25) is 0 Å². The molecule has 20 heavy (non-hydrogen) atoms. The Morgan fingerprint density at radius 2 is 2.25 bits per heavy atom. The summed E-state index contributed by atoms with van der Waals surface area (Å²) < 4.78 is 0. The standard InChI is InChI=1S/C13H19N5OS/c1-2-10(4-3-9-5-6-20-8-9)15-13-17-11(7-19)16-12(14)18-13/h5-6,8,10,19H,2-4,7H2,1H3,(H3,14,15,16,17,18). The van der Waals surface area contributed by atoms with Gasteiger partial charge in [0.1, 0.15) is 6.61 Å². The third-order valence-corrected chi connectivity index (χ3v) is 3.76. The Morgan fingerprint density at radius 1 is 1.40 bits per heavy atom. The maximum atomic E-state index is 9.07. The quantitative estimate of drug-likeness (QED) is 0.720. The third kappa shape index (κ3) is 4.14. The summed E-state index contributed by atoms with van der Waals surface area (Å²) in [5.74, 6) is 0.839. The van der Waals surface area contributed by atoms with Crippen molar-refractivity contribution in [2.45, 2.75) is 38.8 Å². The van der Waals surface area contributed by atoms with Crippen LogP contribution in [0, 0.1) is 0 Å². The number of aryl methyl sites for hydroxylation is 1. The van der Waals surface area contributed by atoms with Crippen molar-refractivity contribution >= 4 is 23.2 Å². The molecule has 0 radical (unpaired) electrons. The zero-order chi connectivity index (χ0) is 14.4. The molecule has 0 bridgehead atoms. The van der Waals surface area contributed by atoms with Crippen molar-refractivity contribution in [3.8, 4) is 0 Å². The van der Waals surface area contributed by atoms with Gasteiger partial charge in [-0.1, -0.05) is 6.92 Å². The lowest BCUT2D eigenvalue weighted by Crippen LogP contribution is -2.22. The highest BCUT2D eigenvalue weighted by molar-refractivity contribution is 7.07. The van der Waals surface area contributed by atoms with Gasteiger partial charge in [0.2, 0.25) is 11.9 Å². The smallest absolute Gasteiger partial charge is 0.228 e. The van der Waals surface area contributed by atoms with E-state index in [4.69, 9.17) is 10.8 Å². The average molecular weight is 293 g/mol. The molecule has 1 unspecified atom stereocenters. The molecule has 0 amide bonds. The minimum absolute atomic E-state index is 0.124. The molecule has 0 saturated carbocycles. The summed E-state index contributed by atoms with van der Waals surface area (Å²) in [7, 11) is 0. The lowest BCUT2D eigenvalue weighted by atomic mass is 10.1. The van der Waals surface area contributed by atoms with Gasteiger partial charge in [-0.2, -0.15) is 26.3 Å². The van der Waals surface area contributed by atoms with Gasteiger partial charge in [-0.05, 0) is 41.7 Å². The van der Waals surface area contributed by atoms with Crippen molar-refractivity contribution in [3.05, 3.63) is 28.2 Å². The fourth-order valence-corrected chi connectivity index (χ4v) is 2.61. The number of aromatic nitrogens is 3. The van der Waals surface area contributed by atoms with Crippen LogP contribution in [-0.4, -0.2) is 26.1 Å². The number of aliphatic hydroxyl groups is 1. The molecule has 0 aliphatic heterocycles. The molecule has 2 aromatic heterocycles. The predicted molar refractivity (Wildman–Crippen MR) is 80.5 cm³/mol. The summed E-state index contributed by atoms with van der Waals surface area (Å²) in [4.78, 5) is 12.0. The molecule has 2 heterocycles. The maximum Gasteiger partial charge on any atom is 0.228 e. The molecule has 0 fully saturated rings. The van der Waals surface area contributed by atoms with E-state index in [9.17, 15) is 0 Å². The van der Waals surface area contributed by atoms with E-state index < -0.39 is 0 Å². The zero-order valence-electron chi connectivity index (χ0n) is 11.4. The molecule has 0 spiro atoms. The Morgan fingerprint density at radius 3 is 2.90 bits per heavy atom. The second-order valence-electron chi connectivity index (χ2n) is 4.51. The monoisotopic (exact) mass is 293 g/mol. The number of rotatable bonds is 7. The fourth-order valence-electron chi connectivity index (χ4n) is 1.91. The summed E-state index contributed by atoms with van der Waals surface area (Å²) in [6.07, 6.45) is 2.97. The summed E-state index contributed by atoms with van der Waals surface area (Å²) in [5, 5.41) is 16.6. The Kier molecular flexibility index (Phi) is 5.25. The number of nitrogens with zero attached hydrogens (tertiary/aromatic N) is 3. The van der Waals surface area contributed by atoms with E-state index in [1.165, 1.54) is 5.56 Å². The first-order valence-electron chi connectivity index (χ1n) is 6.60. The van der Waals surface area contributed by atoms with Gasteiger partial charge in [0.15, 0.2) is 5.82 Å². The maximum absolute atomic E-state index is 9.07. The molecular formula is C13H19N5OS. The van der Waals surface area contributed by atoms with Gasteiger partial charge in [-0.15, -0.1) is 0 Å². The number of nitrogens with one attached hydrogen (secondary N) is 1. The molecule has 0 aliphatic rings. The highest BCUT2D eigenvalue weighted by Gasteiger charge is 2.10. The van der Waals surface area contributed by atoms with E-state index in [-0.39, 0.29) is 24.4 Å². The molecule has 0 aliphatic carbocycles. The minimum atomic E-state index is -0.243. The summed E-state index contributed by atoms with van der Waals surface area (Å²) in [5.41, 5.74) is 6.94. The normalized spacial score (nSPS) is 12.3. The molecule has 108 valence electrons. The largest absolute Gasteiger partial charge is 0.388 e. The van der Waals surface area contributed by atoms with Crippen molar-refractivity contribution in [1.29, 1.82) is 0 Å². The van der Waals surface area contributed by atoms with Gasteiger partial charge in [0.05, 0.1) is 0 Å². The van der Waals surface area contributed by atoms with Crippen molar-refractivity contribution in [2.75, 3.05) is 11.1 Å². The molecule has 1 atom stereocenters. The molecule has 4 N–H and O–H groups in total. The SMILES string of the molecule is CCC(CCc1ccsc1)Nc1nc(N)nc(CO)n1. The van der Waals surface area contributed by atoms with Crippen LogP contribution in [0.15, 0.2) is 16.8 Å². The van der Waals surface area contributed by atoms with Crippen LogP contribution in [0.3, 0.4) is 0 Å². The average Bonchev–Trinajstić information content (AvgIpc) is 2.96. The van der Waals surface area contributed by atoms with E-state index in [1.807, 2.05) is 0 Å². The number of aliphatic hydroxyl groups excluding tert-OH is 1. The molecule has 7 heteroatoms. The van der Waals surface area contributed by atoms with Crippen LogP contribution in [-0.2, 0) is 13.0 Å². The molecule has 2 rings (SSSR count). The van der Waals surface area contributed by atoms with Gasteiger partial charge >= 0.3 is 0 Å². The Labute approximate surface area is 122 Å². The molecule has 2 aromatic rings. The molecular weight excluding hydrogens is 274 g/mol. The van der Waals surface area contributed by atoms with E-state index in [2.05, 4.69) is 44.0 Å². The van der Waals surface area contributed by atoms with Gasteiger partial charge in [-0.3, -0.25) is 0 Å². The van der Waals surface area contributed by atoms with Crippen molar-refractivity contribution in [1.82, 2.24) is 15.0 Å². The number of nitrogen functional groups attached to an aromatic ring is 1. The Hall–Kier alpha value is -1.73. The number of hydrogen-bond donors (Lipinski definition) is 3. The second-order valence-corrected chi connectivity index (χ2v) is 5.29. The van der Waals surface area contributed by atoms with Gasteiger partial charge < -0.3 is 16.2 Å². The van der Waals surface area contributed by atoms with Gasteiger partial charge in [0.25, 0.3) is 0 Å². The topological polar surface area (TPSA) is 97.0 Å². The third-order valence-electron chi connectivity index (χ3n) is 3.03. The second kappa shape index (κ2) is 7.16. The van der Waals surface area contributed by atoms with E-state index >= 15 is 0 Å². The molecule has 6 nitrogen and oxygen atoms in total. The van der Waals surface area contributed by atoms with E-state index in [1.54, 1.807) is 11.3 Å². The molecule has 0 aromatic carbocycles. The summed E-state index contributed by atoms with van der Waals surface area (Å²) in [6.45, 7) is 1.87. The van der Waals surface area contributed by atoms with Crippen LogP contribution >= 0.6 is 11.3 Å². The van der Waals surface area contributed by atoms with Crippen molar-refractivity contribution in [3.63, 3.8) is 0 Å². The van der Waals surface area contributed by atoms with Crippen LogP contribution in [0.4, 0.5) is 11.9 Å². The van der Waals surface area contributed by atoms with E-state index in [0.717, 1.165) is 19.3 Å². The van der Waals surface area contributed by atoms with Gasteiger partial charge in [0, 0.05) is 6.04 Å². The van der Waals surface area contributed by atoms with Crippen molar-refractivity contribution in [2.24, 2.45) is 0 Å². The lowest BCUT2D eigenvalue weighted by molar-refractivity contribution is 0.271. The number of hydrogen-bond acceptors (Lipinski definition) is 7. The number of anilines is 2. The zero-order valence-corrected chi connectivity index (χ0v) is 12.2. The summed E-state index contributed by atoms with van der Waals surface area (Å²) in [6, 6.07) is 2.41. The van der Waals surface area contributed by atoms with Crippen LogP contribution in [0.5, 0.6) is 0 Å². The first-order chi connectivity index (χ1) is 9.71. The lowest BCUT2D eigenvalue weighted by Gasteiger charge is -2.16. The first-order valence-corrected chi connectivity index (χ1v) is 7.54. The Balaban J connectivity index is 1.96. The first kappa shape index (κ1) is 14.7. The number of nitrogens with two attached hydrogens (primary N) is 1. The fraction of sp³-hybridized carbons (Fsp3) is 0.462. The summed E-state index contributed by atoms with van der Waals surface area (Å²) >= 11 is 1.71. The van der Waals surface area contributed by atoms with Crippen LogP contribution in [0.25, 0.3) is 0 Å². The van der Waals surface area contributed by atoms with Gasteiger partial charge in [-0.25, -0.2) is 0 Å². The van der Waals surface area contributed by atoms with Crippen LogP contribution in [0.1, 0.15) is 31.2 Å². The predicted octanol–water partition coefficient (Wildman–Crippen LogP) is 1.83. The number of thiophene rings is 1. The Bertz CT molecular complexity index is 532. The molecule has 0 saturated heterocycles. The highest BCUT2D eigenvalue weighted by Crippen LogP contribution is 2.14.